The average Bonchev–Trinajstić information content (AvgIpc) is 2.54. The summed E-state index contributed by atoms with van der Waals surface area (Å²) in [5.41, 5.74) is -1.67. The number of rotatable bonds is 6. The third kappa shape index (κ3) is 4.90. The van der Waals surface area contributed by atoms with Crippen LogP contribution >= 0.6 is 11.6 Å². The van der Waals surface area contributed by atoms with Crippen molar-refractivity contribution in [3.8, 4) is 6.07 Å². The molecule has 0 unspecified atom stereocenters. The molecule has 1 aromatic rings. The van der Waals surface area contributed by atoms with E-state index < -0.39 is 28.4 Å². The van der Waals surface area contributed by atoms with Gasteiger partial charge in [-0.3, -0.25) is 14.9 Å². The summed E-state index contributed by atoms with van der Waals surface area (Å²) < 4.78 is 5.02. The lowest BCUT2D eigenvalue weighted by Gasteiger charge is -2.28. The number of ether oxygens (including phenoxy) is 1. The highest BCUT2D eigenvalue weighted by Crippen LogP contribution is 2.23. The standard InChI is InChI=1S/C16H18ClN3O5/c1-9(2)16(4,8-18)19-14(21)10(3)25-15(22)12-7-11(20(23)24)5-6-13(12)17/h5-7,9-10H,1-4H3,(H,19,21)/t10-,16+/m0/s1. The molecule has 0 aliphatic rings. The van der Waals surface area contributed by atoms with Gasteiger partial charge >= 0.3 is 5.97 Å². The maximum atomic E-state index is 12.2. The molecule has 8 nitrogen and oxygen atoms in total. The summed E-state index contributed by atoms with van der Waals surface area (Å²) in [6.45, 7) is 6.42. The van der Waals surface area contributed by atoms with Crippen molar-refractivity contribution in [2.45, 2.75) is 39.3 Å². The van der Waals surface area contributed by atoms with Crippen molar-refractivity contribution in [2.75, 3.05) is 0 Å². The molecule has 0 spiro atoms. The number of esters is 1. The van der Waals surface area contributed by atoms with Crippen molar-refractivity contribution in [3.05, 3.63) is 38.9 Å². The van der Waals surface area contributed by atoms with Gasteiger partial charge in [-0.2, -0.15) is 5.26 Å². The minimum atomic E-state index is -1.21. The van der Waals surface area contributed by atoms with Gasteiger partial charge in [-0.25, -0.2) is 4.79 Å². The van der Waals surface area contributed by atoms with Crippen molar-refractivity contribution in [2.24, 2.45) is 5.92 Å². The minimum Gasteiger partial charge on any atom is -0.449 e. The number of amides is 1. The van der Waals surface area contributed by atoms with Gasteiger partial charge < -0.3 is 10.1 Å². The normalized spacial score (nSPS) is 14.1. The molecule has 1 aromatic carbocycles. The number of carbonyl (C=O) groups excluding carboxylic acids is 2. The Morgan fingerprint density at radius 3 is 2.48 bits per heavy atom. The van der Waals surface area contributed by atoms with Crippen molar-refractivity contribution < 1.29 is 19.2 Å². The SMILES string of the molecule is CC(C)[C@@](C)(C#N)NC(=O)[C@H](C)OC(=O)c1cc([N+](=O)[O-])ccc1Cl. The van der Waals surface area contributed by atoms with Crippen LogP contribution in [-0.4, -0.2) is 28.4 Å². The van der Waals surface area contributed by atoms with Crippen molar-refractivity contribution in [1.29, 1.82) is 5.26 Å². The molecule has 2 atom stereocenters. The Kier molecular flexibility index (Phi) is 6.48. The lowest BCUT2D eigenvalue weighted by molar-refractivity contribution is -0.384. The zero-order chi connectivity index (χ0) is 19.4. The molecule has 0 saturated carbocycles. The molecule has 9 heteroatoms. The summed E-state index contributed by atoms with van der Waals surface area (Å²) in [6, 6.07) is 5.33. The van der Waals surface area contributed by atoms with E-state index in [4.69, 9.17) is 16.3 Å². The molecule has 0 aromatic heterocycles. The van der Waals surface area contributed by atoms with Crippen LogP contribution in [0.2, 0.25) is 5.02 Å². The second-order valence-corrected chi connectivity index (χ2v) is 6.33. The van der Waals surface area contributed by atoms with Gasteiger partial charge in [0.25, 0.3) is 11.6 Å². The first kappa shape index (κ1) is 20.4. The van der Waals surface area contributed by atoms with E-state index >= 15 is 0 Å². The molecule has 134 valence electrons. The van der Waals surface area contributed by atoms with Gasteiger partial charge in [0.2, 0.25) is 0 Å². The Bertz CT molecular complexity index is 744. The fourth-order valence-corrected chi connectivity index (χ4v) is 1.91. The van der Waals surface area contributed by atoms with Gasteiger partial charge in [0.1, 0.15) is 5.54 Å². The predicted molar refractivity (Wildman–Crippen MR) is 90.0 cm³/mol. The van der Waals surface area contributed by atoms with Gasteiger partial charge in [0.15, 0.2) is 6.10 Å². The third-order valence-corrected chi connectivity index (χ3v) is 4.13. The number of hydrogen-bond acceptors (Lipinski definition) is 6. The summed E-state index contributed by atoms with van der Waals surface area (Å²) in [5, 5.41) is 22.5. The number of non-ortho nitro benzene ring substituents is 1. The second kappa shape index (κ2) is 7.94. The monoisotopic (exact) mass is 367 g/mol. The Hall–Kier alpha value is -2.66. The van der Waals surface area contributed by atoms with Gasteiger partial charge in [-0.05, 0) is 25.8 Å². The van der Waals surface area contributed by atoms with Crippen LogP contribution in [0, 0.1) is 27.4 Å². The fourth-order valence-electron chi connectivity index (χ4n) is 1.72. The molecule has 0 aliphatic heterocycles. The molecule has 25 heavy (non-hydrogen) atoms. The summed E-state index contributed by atoms with van der Waals surface area (Å²) in [6.07, 6.45) is -1.21. The number of halogens is 1. The Balaban J connectivity index is 2.90. The van der Waals surface area contributed by atoms with Gasteiger partial charge in [-0.1, -0.05) is 25.4 Å². The van der Waals surface area contributed by atoms with Crippen molar-refractivity contribution >= 4 is 29.2 Å². The fraction of sp³-hybridized carbons (Fsp3) is 0.438. The van der Waals surface area contributed by atoms with Crippen LogP contribution in [-0.2, 0) is 9.53 Å². The Labute approximate surface area is 149 Å². The smallest absolute Gasteiger partial charge is 0.340 e. The molecule has 1 N–H and O–H groups in total. The van der Waals surface area contributed by atoms with E-state index in [0.29, 0.717) is 0 Å². The topological polar surface area (TPSA) is 122 Å². The van der Waals surface area contributed by atoms with Crippen LogP contribution in [0.15, 0.2) is 18.2 Å². The molecule has 1 amide bonds. The van der Waals surface area contributed by atoms with E-state index in [2.05, 4.69) is 5.32 Å². The molecular weight excluding hydrogens is 350 g/mol. The van der Waals surface area contributed by atoms with Gasteiger partial charge in [0, 0.05) is 12.1 Å². The molecule has 0 fully saturated rings. The molecule has 0 heterocycles. The van der Waals surface area contributed by atoms with Crippen molar-refractivity contribution in [3.63, 3.8) is 0 Å². The molecule has 0 saturated heterocycles. The number of nitrogens with zero attached hydrogens (tertiary/aromatic N) is 2. The summed E-state index contributed by atoms with van der Waals surface area (Å²) >= 11 is 5.86. The molecule has 0 bridgehead atoms. The molecule has 0 radical (unpaired) electrons. The van der Waals surface area contributed by atoms with Crippen LogP contribution in [0.25, 0.3) is 0 Å². The first-order valence-corrected chi connectivity index (χ1v) is 7.77. The maximum Gasteiger partial charge on any atom is 0.340 e. The summed E-state index contributed by atoms with van der Waals surface area (Å²) in [7, 11) is 0. The van der Waals surface area contributed by atoms with E-state index in [1.807, 2.05) is 6.07 Å². The molecular formula is C16H18ClN3O5. The molecule has 1 rings (SSSR count). The minimum absolute atomic E-state index is 0.0350. The number of benzene rings is 1. The number of nitro benzene ring substituents is 1. The van der Waals surface area contributed by atoms with Gasteiger partial charge in [0.05, 0.1) is 21.6 Å². The highest BCUT2D eigenvalue weighted by Gasteiger charge is 2.33. The van der Waals surface area contributed by atoms with E-state index in [0.717, 1.165) is 12.1 Å². The number of hydrogen-bond donors (Lipinski definition) is 1. The zero-order valence-corrected chi connectivity index (χ0v) is 15.0. The molecule has 0 aliphatic carbocycles. The Morgan fingerprint density at radius 1 is 1.40 bits per heavy atom. The number of carbonyl (C=O) groups is 2. The van der Waals surface area contributed by atoms with Gasteiger partial charge in [-0.15, -0.1) is 0 Å². The second-order valence-electron chi connectivity index (χ2n) is 5.93. The third-order valence-electron chi connectivity index (χ3n) is 3.80. The van der Waals surface area contributed by atoms with Crippen LogP contribution < -0.4 is 5.32 Å². The Morgan fingerprint density at radius 2 is 2.00 bits per heavy atom. The van der Waals surface area contributed by atoms with Crippen molar-refractivity contribution in [1.82, 2.24) is 5.32 Å². The predicted octanol–water partition coefficient (Wildman–Crippen LogP) is 2.85. The summed E-state index contributed by atoms with van der Waals surface area (Å²) in [5.74, 6) is -1.80. The van der Waals surface area contributed by atoms with Crippen LogP contribution in [0.1, 0.15) is 38.1 Å². The highest BCUT2D eigenvalue weighted by molar-refractivity contribution is 6.33. The lowest BCUT2D eigenvalue weighted by atomic mass is 9.90. The number of nitriles is 1. The number of nitrogens with one attached hydrogen (secondary N) is 1. The first-order valence-electron chi connectivity index (χ1n) is 7.40. The van der Waals surface area contributed by atoms with E-state index in [1.165, 1.54) is 13.0 Å². The van der Waals surface area contributed by atoms with E-state index in [-0.39, 0.29) is 22.2 Å². The first-order chi connectivity index (χ1) is 11.5. The summed E-state index contributed by atoms with van der Waals surface area (Å²) in [4.78, 5) is 34.4. The van der Waals surface area contributed by atoms with Crippen LogP contribution in [0.3, 0.4) is 0 Å². The largest absolute Gasteiger partial charge is 0.449 e. The van der Waals surface area contributed by atoms with E-state index in [1.54, 1.807) is 20.8 Å². The average molecular weight is 368 g/mol. The maximum absolute atomic E-state index is 12.2. The number of nitro groups is 1. The van der Waals surface area contributed by atoms with E-state index in [9.17, 15) is 25.0 Å². The van der Waals surface area contributed by atoms with Crippen LogP contribution in [0.5, 0.6) is 0 Å². The lowest BCUT2D eigenvalue weighted by Crippen LogP contribution is -2.52. The highest BCUT2D eigenvalue weighted by atomic mass is 35.5. The quantitative estimate of drug-likeness (QED) is 0.468. The van der Waals surface area contributed by atoms with Crippen LogP contribution in [0.4, 0.5) is 5.69 Å². The zero-order valence-electron chi connectivity index (χ0n) is 14.2.